The quantitative estimate of drug-likeness (QED) is 0.908. The monoisotopic (exact) mass is 287 g/mol. The van der Waals surface area contributed by atoms with Crippen LogP contribution in [0.25, 0.3) is 0 Å². The summed E-state index contributed by atoms with van der Waals surface area (Å²) in [7, 11) is 0. The van der Waals surface area contributed by atoms with Gasteiger partial charge in [0.15, 0.2) is 11.6 Å². The predicted octanol–water partition coefficient (Wildman–Crippen LogP) is 2.93. The molecule has 1 saturated heterocycles. The Hall–Kier alpha value is -2.37. The van der Waals surface area contributed by atoms with Crippen LogP contribution in [-0.2, 0) is 0 Å². The average molecular weight is 287 g/mol. The number of benzene rings is 1. The summed E-state index contributed by atoms with van der Waals surface area (Å²) in [6, 6.07) is 7.91. The molecule has 0 bridgehead atoms. The Labute approximate surface area is 123 Å². The molecule has 1 aromatic heterocycles. The molecule has 2 aromatic rings. The third-order valence-corrected chi connectivity index (χ3v) is 3.61. The molecule has 0 aliphatic carbocycles. The summed E-state index contributed by atoms with van der Waals surface area (Å²) >= 11 is 0. The first-order valence-electron chi connectivity index (χ1n) is 7.12. The van der Waals surface area contributed by atoms with E-state index in [2.05, 4.69) is 20.2 Å². The van der Waals surface area contributed by atoms with Crippen molar-refractivity contribution in [2.45, 2.75) is 19.3 Å². The molecule has 21 heavy (non-hydrogen) atoms. The van der Waals surface area contributed by atoms with Crippen LogP contribution in [0.4, 0.5) is 27.5 Å². The number of hydrogen-bond acceptors (Lipinski definition) is 5. The van der Waals surface area contributed by atoms with Crippen molar-refractivity contribution in [1.82, 2.24) is 9.97 Å². The highest BCUT2D eigenvalue weighted by atomic mass is 19.1. The second-order valence-electron chi connectivity index (χ2n) is 5.14. The van der Waals surface area contributed by atoms with Crippen LogP contribution in [0, 0.1) is 5.82 Å². The first-order chi connectivity index (χ1) is 10.2. The van der Waals surface area contributed by atoms with E-state index < -0.39 is 5.82 Å². The molecule has 2 heterocycles. The summed E-state index contributed by atoms with van der Waals surface area (Å²) < 4.78 is 13.6. The Morgan fingerprint density at radius 1 is 1.10 bits per heavy atom. The van der Waals surface area contributed by atoms with Crippen molar-refractivity contribution in [3.05, 3.63) is 36.3 Å². The zero-order valence-electron chi connectivity index (χ0n) is 11.7. The SMILES string of the molecule is Nc1ncc(F)c(Nc2ccc(N3CCCCC3)cc2)n1. The Balaban J connectivity index is 1.73. The number of nitrogen functional groups attached to an aromatic ring is 1. The average Bonchev–Trinajstić information content (AvgIpc) is 2.53. The highest BCUT2D eigenvalue weighted by Crippen LogP contribution is 2.24. The van der Waals surface area contributed by atoms with Crippen molar-refractivity contribution < 1.29 is 4.39 Å². The molecule has 0 saturated carbocycles. The van der Waals surface area contributed by atoms with Gasteiger partial charge in [0.05, 0.1) is 6.20 Å². The highest BCUT2D eigenvalue weighted by molar-refractivity contribution is 5.61. The number of anilines is 4. The number of nitrogens with two attached hydrogens (primary N) is 1. The number of halogens is 1. The molecule has 110 valence electrons. The molecular weight excluding hydrogens is 269 g/mol. The minimum absolute atomic E-state index is 0.0452. The fourth-order valence-corrected chi connectivity index (χ4v) is 2.51. The van der Waals surface area contributed by atoms with E-state index in [0.29, 0.717) is 0 Å². The van der Waals surface area contributed by atoms with E-state index in [-0.39, 0.29) is 11.8 Å². The molecule has 1 fully saturated rings. The van der Waals surface area contributed by atoms with Gasteiger partial charge in [-0.2, -0.15) is 4.98 Å². The standard InChI is InChI=1S/C15H18FN5/c16-13-10-18-15(17)20-14(13)19-11-4-6-12(7-5-11)21-8-2-1-3-9-21/h4-7,10H,1-3,8-9H2,(H3,17,18,19,20). The fraction of sp³-hybridized carbons (Fsp3) is 0.333. The summed E-state index contributed by atoms with van der Waals surface area (Å²) in [6.45, 7) is 2.20. The normalized spacial score (nSPS) is 15.0. The van der Waals surface area contributed by atoms with Gasteiger partial charge >= 0.3 is 0 Å². The van der Waals surface area contributed by atoms with Gasteiger partial charge in [-0.05, 0) is 43.5 Å². The lowest BCUT2D eigenvalue weighted by molar-refractivity contribution is 0.578. The van der Waals surface area contributed by atoms with Gasteiger partial charge in [-0.25, -0.2) is 9.37 Å². The van der Waals surface area contributed by atoms with E-state index in [0.717, 1.165) is 25.0 Å². The lowest BCUT2D eigenvalue weighted by Crippen LogP contribution is -2.29. The Kier molecular flexibility index (Phi) is 3.85. The molecule has 1 aliphatic rings. The predicted molar refractivity (Wildman–Crippen MR) is 82.2 cm³/mol. The van der Waals surface area contributed by atoms with Crippen LogP contribution in [0.15, 0.2) is 30.5 Å². The molecule has 0 atom stereocenters. The van der Waals surface area contributed by atoms with Gasteiger partial charge < -0.3 is 16.0 Å². The van der Waals surface area contributed by atoms with Crippen molar-refractivity contribution in [3.8, 4) is 0 Å². The Morgan fingerprint density at radius 2 is 1.81 bits per heavy atom. The number of piperidine rings is 1. The van der Waals surface area contributed by atoms with E-state index in [1.54, 1.807) is 0 Å². The molecule has 6 heteroatoms. The van der Waals surface area contributed by atoms with Crippen LogP contribution in [0.1, 0.15) is 19.3 Å². The van der Waals surface area contributed by atoms with Crippen molar-refractivity contribution in [3.63, 3.8) is 0 Å². The van der Waals surface area contributed by atoms with Crippen molar-refractivity contribution >= 4 is 23.1 Å². The molecule has 0 spiro atoms. The third kappa shape index (κ3) is 3.21. The first-order valence-corrected chi connectivity index (χ1v) is 7.12. The molecule has 1 aliphatic heterocycles. The second kappa shape index (κ2) is 5.95. The summed E-state index contributed by atoms with van der Waals surface area (Å²) in [4.78, 5) is 9.82. The second-order valence-corrected chi connectivity index (χ2v) is 5.14. The smallest absolute Gasteiger partial charge is 0.222 e. The largest absolute Gasteiger partial charge is 0.372 e. The van der Waals surface area contributed by atoms with Gasteiger partial charge in [-0.1, -0.05) is 0 Å². The van der Waals surface area contributed by atoms with Gasteiger partial charge in [0, 0.05) is 24.5 Å². The van der Waals surface area contributed by atoms with Gasteiger partial charge in [-0.3, -0.25) is 0 Å². The number of hydrogen-bond donors (Lipinski definition) is 2. The fourth-order valence-electron chi connectivity index (χ4n) is 2.51. The first kappa shape index (κ1) is 13.6. The van der Waals surface area contributed by atoms with Crippen molar-refractivity contribution in [1.29, 1.82) is 0 Å². The van der Waals surface area contributed by atoms with Gasteiger partial charge in [0.25, 0.3) is 0 Å². The molecule has 0 amide bonds. The molecular formula is C15H18FN5. The molecule has 3 N–H and O–H groups in total. The van der Waals surface area contributed by atoms with E-state index >= 15 is 0 Å². The van der Waals surface area contributed by atoms with E-state index in [1.165, 1.54) is 24.9 Å². The highest BCUT2D eigenvalue weighted by Gasteiger charge is 2.11. The molecule has 5 nitrogen and oxygen atoms in total. The maximum Gasteiger partial charge on any atom is 0.222 e. The van der Waals surface area contributed by atoms with Crippen LogP contribution < -0.4 is 16.0 Å². The molecule has 0 radical (unpaired) electrons. The Bertz CT molecular complexity index is 608. The number of nitrogens with zero attached hydrogens (tertiary/aromatic N) is 3. The summed E-state index contributed by atoms with van der Waals surface area (Å²) in [5.74, 6) is -0.388. The van der Waals surface area contributed by atoms with E-state index in [1.807, 2.05) is 24.3 Å². The maximum atomic E-state index is 13.6. The minimum atomic E-state index is -0.524. The molecule has 3 rings (SSSR count). The van der Waals surface area contributed by atoms with Gasteiger partial charge in [0.2, 0.25) is 5.95 Å². The van der Waals surface area contributed by atoms with Crippen LogP contribution in [0.5, 0.6) is 0 Å². The lowest BCUT2D eigenvalue weighted by atomic mass is 10.1. The Morgan fingerprint density at radius 3 is 2.52 bits per heavy atom. The summed E-state index contributed by atoms with van der Waals surface area (Å²) in [6.07, 6.45) is 4.86. The molecule has 0 unspecified atom stereocenters. The van der Waals surface area contributed by atoms with Crippen LogP contribution in [-0.4, -0.2) is 23.1 Å². The lowest BCUT2D eigenvalue weighted by Gasteiger charge is -2.28. The van der Waals surface area contributed by atoms with Crippen LogP contribution in [0.3, 0.4) is 0 Å². The van der Waals surface area contributed by atoms with Gasteiger partial charge in [-0.15, -0.1) is 0 Å². The minimum Gasteiger partial charge on any atom is -0.372 e. The summed E-state index contributed by atoms with van der Waals surface area (Å²) in [5, 5.41) is 2.92. The maximum absolute atomic E-state index is 13.6. The number of rotatable bonds is 3. The third-order valence-electron chi connectivity index (χ3n) is 3.61. The topological polar surface area (TPSA) is 67.1 Å². The molecule has 1 aromatic carbocycles. The van der Waals surface area contributed by atoms with Crippen molar-refractivity contribution in [2.75, 3.05) is 29.0 Å². The van der Waals surface area contributed by atoms with E-state index in [9.17, 15) is 4.39 Å². The number of aromatic nitrogens is 2. The van der Waals surface area contributed by atoms with Crippen molar-refractivity contribution in [2.24, 2.45) is 0 Å². The van der Waals surface area contributed by atoms with Gasteiger partial charge in [0.1, 0.15) is 0 Å². The van der Waals surface area contributed by atoms with Crippen LogP contribution >= 0.6 is 0 Å². The number of nitrogens with one attached hydrogen (secondary N) is 1. The zero-order chi connectivity index (χ0) is 14.7. The zero-order valence-corrected chi connectivity index (χ0v) is 11.7. The summed E-state index contributed by atoms with van der Waals surface area (Å²) in [5.41, 5.74) is 7.44. The van der Waals surface area contributed by atoms with E-state index in [4.69, 9.17) is 5.73 Å². The van der Waals surface area contributed by atoms with Crippen LogP contribution in [0.2, 0.25) is 0 Å².